The first-order valence-electron chi connectivity index (χ1n) is 6.52. The Hall–Kier alpha value is -2.69. The molecule has 0 aliphatic rings. The molecule has 0 saturated carbocycles. The van der Waals surface area contributed by atoms with Gasteiger partial charge in [-0.2, -0.15) is 0 Å². The van der Waals surface area contributed by atoms with Gasteiger partial charge in [0.25, 0.3) is 5.91 Å². The number of amides is 1. The van der Waals surface area contributed by atoms with E-state index in [-0.39, 0.29) is 12.5 Å². The van der Waals surface area contributed by atoms with Crippen LogP contribution >= 0.6 is 0 Å². The van der Waals surface area contributed by atoms with Crippen LogP contribution in [-0.4, -0.2) is 19.6 Å². The number of nitrogens with two attached hydrogens (primary N) is 1. The number of nitrogens with one attached hydrogen (secondary N) is 1. The fourth-order valence-electron chi connectivity index (χ4n) is 1.80. The molecule has 21 heavy (non-hydrogen) atoms. The van der Waals surface area contributed by atoms with Crippen LogP contribution in [0.25, 0.3) is 0 Å². The van der Waals surface area contributed by atoms with Gasteiger partial charge < -0.3 is 20.5 Å². The minimum atomic E-state index is -0.237. The number of carbonyl (C=O) groups excluding carboxylic acids is 1. The van der Waals surface area contributed by atoms with Crippen LogP contribution in [0.15, 0.2) is 42.5 Å². The average molecular weight is 286 g/mol. The molecule has 1 amide bonds. The monoisotopic (exact) mass is 286 g/mol. The number of carbonyl (C=O) groups is 1. The smallest absolute Gasteiger partial charge is 0.262 e. The molecule has 0 heterocycles. The van der Waals surface area contributed by atoms with E-state index in [1.54, 1.807) is 49.6 Å². The Balaban J connectivity index is 1.91. The zero-order chi connectivity index (χ0) is 15.2. The fraction of sp³-hybridized carbons (Fsp3) is 0.188. The molecule has 0 unspecified atom stereocenters. The highest BCUT2D eigenvalue weighted by Crippen LogP contribution is 2.20. The van der Waals surface area contributed by atoms with Gasteiger partial charge in [-0.1, -0.05) is 6.07 Å². The predicted molar refractivity (Wildman–Crippen MR) is 82.7 cm³/mol. The zero-order valence-electron chi connectivity index (χ0n) is 12.1. The van der Waals surface area contributed by atoms with Crippen LogP contribution in [0.3, 0.4) is 0 Å². The second-order valence-electron chi connectivity index (χ2n) is 4.53. The number of ether oxygens (including phenoxy) is 2. The lowest BCUT2D eigenvalue weighted by Gasteiger charge is -2.11. The summed E-state index contributed by atoms with van der Waals surface area (Å²) in [6.45, 7) is 1.79. The number of rotatable bonds is 5. The Morgan fingerprint density at radius 1 is 1.14 bits per heavy atom. The minimum absolute atomic E-state index is 0.0689. The van der Waals surface area contributed by atoms with Gasteiger partial charge in [0.15, 0.2) is 6.61 Å². The molecule has 110 valence electrons. The second kappa shape index (κ2) is 6.65. The summed E-state index contributed by atoms with van der Waals surface area (Å²) in [5.41, 5.74) is 7.97. The molecular formula is C16H18N2O3. The van der Waals surface area contributed by atoms with Crippen molar-refractivity contribution in [3.05, 3.63) is 48.0 Å². The largest absolute Gasteiger partial charge is 0.497 e. The standard InChI is InChI=1S/C16H18N2O3/c1-11-14(17)4-3-5-15(11)18-16(19)10-21-13-8-6-12(20-2)7-9-13/h3-9H,10,17H2,1-2H3,(H,18,19). The first-order chi connectivity index (χ1) is 10.1. The lowest BCUT2D eigenvalue weighted by Crippen LogP contribution is -2.20. The van der Waals surface area contributed by atoms with E-state index in [1.165, 1.54) is 0 Å². The van der Waals surface area contributed by atoms with Crippen molar-refractivity contribution in [2.24, 2.45) is 0 Å². The Morgan fingerprint density at radius 2 is 1.81 bits per heavy atom. The first kappa shape index (κ1) is 14.7. The highest BCUT2D eigenvalue weighted by molar-refractivity contribution is 5.93. The highest BCUT2D eigenvalue weighted by atomic mass is 16.5. The maximum absolute atomic E-state index is 11.9. The Bertz CT molecular complexity index is 624. The van der Waals surface area contributed by atoms with E-state index in [1.807, 2.05) is 6.92 Å². The first-order valence-corrected chi connectivity index (χ1v) is 6.52. The van der Waals surface area contributed by atoms with Crippen LogP contribution in [0.2, 0.25) is 0 Å². The van der Waals surface area contributed by atoms with Crippen molar-refractivity contribution < 1.29 is 14.3 Å². The Kier molecular flexibility index (Phi) is 4.66. The van der Waals surface area contributed by atoms with Gasteiger partial charge in [0.2, 0.25) is 0 Å². The number of benzene rings is 2. The molecule has 0 fully saturated rings. The van der Waals surface area contributed by atoms with E-state index in [0.29, 0.717) is 17.1 Å². The number of anilines is 2. The molecule has 2 aromatic rings. The highest BCUT2D eigenvalue weighted by Gasteiger charge is 2.07. The third-order valence-electron chi connectivity index (χ3n) is 3.08. The van der Waals surface area contributed by atoms with Crippen molar-refractivity contribution >= 4 is 17.3 Å². The van der Waals surface area contributed by atoms with E-state index in [4.69, 9.17) is 15.2 Å². The average Bonchev–Trinajstić information content (AvgIpc) is 2.50. The van der Waals surface area contributed by atoms with Crippen LogP contribution in [0.4, 0.5) is 11.4 Å². The number of hydrogen-bond donors (Lipinski definition) is 2. The molecule has 2 rings (SSSR count). The molecule has 0 atom stereocenters. The van der Waals surface area contributed by atoms with Gasteiger partial charge >= 0.3 is 0 Å². The van der Waals surface area contributed by atoms with Gasteiger partial charge in [0.1, 0.15) is 11.5 Å². The summed E-state index contributed by atoms with van der Waals surface area (Å²) in [4.78, 5) is 11.9. The van der Waals surface area contributed by atoms with Gasteiger partial charge in [0.05, 0.1) is 7.11 Å². The van der Waals surface area contributed by atoms with Crippen LogP contribution in [0, 0.1) is 6.92 Å². The predicted octanol–water partition coefficient (Wildman–Crippen LogP) is 2.60. The van der Waals surface area contributed by atoms with Crippen molar-refractivity contribution in [3.8, 4) is 11.5 Å². The van der Waals surface area contributed by atoms with Crippen LogP contribution in [-0.2, 0) is 4.79 Å². The quantitative estimate of drug-likeness (QED) is 0.829. The van der Waals surface area contributed by atoms with Crippen molar-refractivity contribution in [3.63, 3.8) is 0 Å². The summed E-state index contributed by atoms with van der Waals surface area (Å²) in [7, 11) is 1.59. The van der Waals surface area contributed by atoms with E-state index in [9.17, 15) is 4.79 Å². The summed E-state index contributed by atoms with van der Waals surface area (Å²) in [6, 6.07) is 12.4. The minimum Gasteiger partial charge on any atom is -0.497 e. The summed E-state index contributed by atoms with van der Waals surface area (Å²) in [5.74, 6) is 1.11. The molecule has 0 saturated heterocycles. The SMILES string of the molecule is COc1ccc(OCC(=O)Nc2cccc(N)c2C)cc1. The molecule has 0 spiro atoms. The van der Waals surface area contributed by atoms with E-state index in [2.05, 4.69) is 5.32 Å². The normalized spacial score (nSPS) is 10.0. The van der Waals surface area contributed by atoms with Gasteiger partial charge in [-0.15, -0.1) is 0 Å². The van der Waals surface area contributed by atoms with Gasteiger partial charge in [-0.25, -0.2) is 0 Å². The molecular weight excluding hydrogens is 268 g/mol. The molecule has 0 bridgehead atoms. The van der Waals surface area contributed by atoms with Crippen molar-refractivity contribution in [1.82, 2.24) is 0 Å². The fourth-order valence-corrected chi connectivity index (χ4v) is 1.80. The van der Waals surface area contributed by atoms with Crippen LogP contribution < -0.4 is 20.5 Å². The van der Waals surface area contributed by atoms with E-state index >= 15 is 0 Å². The van der Waals surface area contributed by atoms with Gasteiger partial charge in [-0.3, -0.25) is 4.79 Å². The topological polar surface area (TPSA) is 73.6 Å². The summed E-state index contributed by atoms with van der Waals surface area (Å²) in [5, 5.41) is 2.78. The van der Waals surface area contributed by atoms with Crippen molar-refractivity contribution in [2.75, 3.05) is 24.8 Å². The van der Waals surface area contributed by atoms with E-state index < -0.39 is 0 Å². The third kappa shape index (κ3) is 3.89. The van der Waals surface area contributed by atoms with Crippen molar-refractivity contribution in [1.29, 1.82) is 0 Å². The van der Waals surface area contributed by atoms with Gasteiger partial charge in [-0.05, 0) is 48.9 Å². The molecule has 0 radical (unpaired) electrons. The molecule has 5 heteroatoms. The second-order valence-corrected chi connectivity index (χ2v) is 4.53. The van der Waals surface area contributed by atoms with Crippen LogP contribution in [0.5, 0.6) is 11.5 Å². The van der Waals surface area contributed by atoms with Gasteiger partial charge in [0, 0.05) is 11.4 Å². The van der Waals surface area contributed by atoms with Crippen LogP contribution in [0.1, 0.15) is 5.56 Å². The van der Waals surface area contributed by atoms with Crippen molar-refractivity contribution in [2.45, 2.75) is 6.92 Å². The lowest BCUT2D eigenvalue weighted by atomic mass is 10.1. The number of hydrogen-bond acceptors (Lipinski definition) is 4. The van der Waals surface area contributed by atoms with E-state index in [0.717, 1.165) is 11.3 Å². The maximum Gasteiger partial charge on any atom is 0.262 e. The Labute approximate surface area is 123 Å². The summed E-state index contributed by atoms with van der Waals surface area (Å²) < 4.78 is 10.5. The number of nitrogen functional groups attached to an aromatic ring is 1. The molecule has 5 nitrogen and oxygen atoms in total. The third-order valence-corrected chi connectivity index (χ3v) is 3.08. The molecule has 3 N–H and O–H groups in total. The summed E-state index contributed by atoms with van der Waals surface area (Å²) >= 11 is 0. The summed E-state index contributed by atoms with van der Waals surface area (Å²) in [6.07, 6.45) is 0. The zero-order valence-corrected chi connectivity index (χ0v) is 12.1. The maximum atomic E-state index is 11.9. The molecule has 2 aromatic carbocycles. The Morgan fingerprint density at radius 3 is 2.48 bits per heavy atom. The molecule has 0 aliphatic carbocycles. The molecule has 0 aliphatic heterocycles. The molecule has 0 aromatic heterocycles. The lowest BCUT2D eigenvalue weighted by molar-refractivity contribution is -0.118. The number of methoxy groups -OCH3 is 1.